The normalized spacial score (nSPS) is 13.8. The van der Waals surface area contributed by atoms with Crippen LogP contribution >= 0.6 is 0 Å². The summed E-state index contributed by atoms with van der Waals surface area (Å²) in [5, 5.41) is 13.7. The van der Waals surface area contributed by atoms with Crippen molar-refractivity contribution in [3.05, 3.63) is 40.7 Å². The van der Waals surface area contributed by atoms with E-state index in [0.717, 1.165) is 42.1 Å². The zero-order valence-corrected chi connectivity index (χ0v) is 17.3. The fourth-order valence-electron chi connectivity index (χ4n) is 3.67. The van der Waals surface area contributed by atoms with Crippen molar-refractivity contribution in [3.63, 3.8) is 0 Å². The Morgan fingerprint density at radius 2 is 2.07 bits per heavy atom. The van der Waals surface area contributed by atoms with Crippen LogP contribution in [0.25, 0.3) is 0 Å². The Morgan fingerprint density at radius 3 is 2.76 bits per heavy atom. The summed E-state index contributed by atoms with van der Waals surface area (Å²) in [4.78, 5) is 14.6. The molecule has 0 unspecified atom stereocenters. The Labute approximate surface area is 171 Å². The summed E-state index contributed by atoms with van der Waals surface area (Å²) in [6.45, 7) is 7.10. The summed E-state index contributed by atoms with van der Waals surface area (Å²) < 4.78 is 18.0. The molecule has 1 aliphatic rings. The van der Waals surface area contributed by atoms with E-state index in [1.807, 2.05) is 25.1 Å². The summed E-state index contributed by atoms with van der Waals surface area (Å²) in [5.74, 6) is 1.03. The quantitative estimate of drug-likeness (QED) is 0.641. The van der Waals surface area contributed by atoms with Gasteiger partial charge in [0.2, 0.25) is 0 Å². The predicted molar refractivity (Wildman–Crippen MR) is 107 cm³/mol. The largest absolute Gasteiger partial charge is 0.493 e. The predicted octanol–water partition coefficient (Wildman–Crippen LogP) is 2.02. The molecule has 1 N–H and O–H groups in total. The molecule has 158 valence electrons. The molecule has 0 amide bonds. The monoisotopic (exact) mass is 403 g/mol. The van der Waals surface area contributed by atoms with Crippen LogP contribution in [0.5, 0.6) is 11.5 Å². The smallest absolute Gasteiger partial charge is 0.359 e. The molecule has 8 heteroatoms. The molecule has 0 saturated heterocycles. The fourth-order valence-corrected chi connectivity index (χ4v) is 3.67. The van der Waals surface area contributed by atoms with Crippen LogP contribution in [0.3, 0.4) is 0 Å². The first-order chi connectivity index (χ1) is 14.1. The van der Waals surface area contributed by atoms with Crippen LogP contribution in [0.15, 0.2) is 18.2 Å². The van der Waals surface area contributed by atoms with Gasteiger partial charge in [-0.05, 0) is 31.5 Å². The van der Waals surface area contributed by atoms with Crippen molar-refractivity contribution in [1.29, 1.82) is 0 Å². The van der Waals surface area contributed by atoms with Gasteiger partial charge < -0.3 is 19.3 Å². The third-order valence-corrected chi connectivity index (χ3v) is 4.93. The van der Waals surface area contributed by atoms with Gasteiger partial charge in [-0.25, -0.2) is 4.79 Å². The van der Waals surface area contributed by atoms with Crippen LogP contribution in [0.1, 0.15) is 41.2 Å². The van der Waals surface area contributed by atoms with Crippen molar-refractivity contribution in [2.75, 3.05) is 33.5 Å². The molecule has 0 bridgehead atoms. The molecule has 0 spiro atoms. The second kappa shape index (κ2) is 9.76. The molecule has 2 aromatic rings. The minimum atomic E-state index is -0.412. The van der Waals surface area contributed by atoms with Crippen LogP contribution in [0.2, 0.25) is 0 Å². The van der Waals surface area contributed by atoms with Crippen molar-refractivity contribution in [1.82, 2.24) is 14.7 Å². The summed E-state index contributed by atoms with van der Waals surface area (Å²) >= 11 is 0. The third kappa shape index (κ3) is 4.71. The van der Waals surface area contributed by atoms with Crippen molar-refractivity contribution in [2.24, 2.45) is 0 Å². The lowest BCUT2D eigenvalue weighted by Crippen LogP contribution is -2.31. The molecule has 0 atom stereocenters. The zero-order valence-electron chi connectivity index (χ0n) is 17.3. The molecule has 0 radical (unpaired) electrons. The lowest BCUT2D eigenvalue weighted by molar-refractivity contribution is 0.0515. The lowest BCUT2D eigenvalue weighted by atomic mass is 10.0. The van der Waals surface area contributed by atoms with E-state index in [0.29, 0.717) is 37.7 Å². The van der Waals surface area contributed by atoms with Gasteiger partial charge in [-0.15, -0.1) is 0 Å². The fraction of sp³-hybridized carbons (Fsp3) is 0.524. The number of hydrogen-bond donors (Lipinski definition) is 1. The highest BCUT2D eigenvalue weighted by Crippen LogP contribution is 2.30. The van der Waals surface area contributed by atoms with Crippen molar-refractivity contribution in [3.8, 4) is 11.5 Å². The zero-order chi connectivity index (χ0) is 20.8. The molecule has 1 aromatic heterocycles. The van der Waals surface area contributed by atoms with Gasteiger partial charge in [0, 0.05) is 37.3 Å². The maximum atomic E-state index is 12.4. The van der Waals surface area contributed by atoms with Crippen molar-refractivity contribution >= 4 is 5.97 Å². The number of aliphatic hydroxyl groups excluding tert-OH is 1. The van der Waals surface area contributed by atoms with Crippen LogP contribution in [-0.4, -0.2) is 59.2 Å². The number of esters is 1. The number of benzene rings is 1. The van der Waals surface area contributed by atoms with E-state index in [4.69, 9.17) is 14.2 Å². The standard InChI is InChI=1S/C21H29N3O5/c1-4-28-19-12-15(6-7-18(19)27-3)13-23-9-8-17-16(14-23)20(21(26)29-5-2)22-24(17)10-11-25/h6-7,12,25H,4-5,8-11,13-14H2,1-3H3. The molecule has 8 nitrogen and oxygen atoms in total. The van der Waals surface area contributed by atoms with E-state index in [1.165, 1.54) is 0 Å². The Morgan fingerprint density at radius 1 is 1.24 bits per heavy atom. The van der Waals surface area contributed by atoms with Gasteiger partial charge in [-0.2, -0.15) is 5.10 Å². The van der Waals surface area contributed by atoms with E-state index in [2.05, 4.69) is 10.00 Å². The van der Waals surface area contributed by atoms with E-state index >= 15 is 0 Å². The Kier molecular flexibility index (Phi) is 7.11. The maximum absolute atomic E-state index is 12.4. The number of aromatic nitrogens is 2. The van der Waals surface area contributed by atoms with Crippen molar-refractivity contribution < 1.29 is 24.1 Å². The number of aliphatic hydroxyl groups is 1. The van der Waals surface area contributed by atoms with Crippen LogP contribution in [0.4, 0.5) is 0 Å². The second-order valence-corrected chi connectivity index (χ2v) is 6.82. The van der Waals surface area contributed by atoms with Gasteiger partial charge in [0.1, 0.15) is 0 Å². The van der Waals surface area contributed by atoms with E-state index in [1.54, 1.807) is 18.7 Å². The average Bonchev–Trinajstić information content (AvgIpc) is 3.07. The van der Waals surface area contributed by atoms with Gasteiger partial charge in [0.15, 0.2) is 17.2 Å². The van der Waals surface area contributed by atoms with Gasteiger partial charge in [0.25, 0.3) is 0 Å². The summed E-state index contributed by atoms with van der Waals surface area (Å²) in [6.07, 6.45) is 0.760. The van der Waals surface area contributed by atoms with Crippen LogP contribution in [0, 0.1) is 0 Å². The summed E-state index contributed by atoms with van der Waals surface area (Å²) in [5.41, 5.74) is 3.35. The molecule has 1 aromatic carbocycles. The third-order valence-electron chi connectivity index (χ3n) is 4.93. The second-order valence-electron chi connectivity index (χ2n) is 6.82. The molecular weight excluding hydrogens is 374 g/mol. The molecule has 0 fully saturated rings. The number of carbonyl (C=O) groups is 1. The number of methoxy groups -OCH3 is 1. The Hall–Kier alpha value is -2.58. The maximum Gasteiger partial charge on any atom is 0.359 e. The Bertz CT molecular complexity index is 849. The highest BCUT2D eigenvalue weighted by atomic mass is 16.5. The first-order valence-electron chi connectivity index (χ1n) is 9.99. The van der Waals surface area contributed by atoms with Gasteiger partial charge in [0.05, 0.1) is 33.5 Å². The number of hydrogen-bond acceptors (Lipinski definition) is 7. The molecule has 0 aliphatic carbocycles. The minimum Gasteiger partial charge on any atom is -0.493 e. The summed E-state index contributed by atoms with van der Waals surface area (Å²) in [7, 11) is 1.63. The van der Waals surface area contributed by atoms with E-state index in [9.17, 15) is 9.90 Å². The molecule has 2 heterocycles. The van der Waals surface area contributed by atoms with Crippen molar-refractivity contribution in [2.45, 2.75) is 39.9 Å². The van der Waals surface area contributed by atoms with Crippen LogP contribution < -0.4 is 9.47 Å². The molecule has 0 saturated carbocycles. The first-order valence-corrected chi connectivity index (χ1v) is 9.99. The lowest BCUT2D eigenvalue weighted by Gasteiger charge is -2.28. The van der Waals surface area contributed by atoms with Gasteiger partial charge >= 0.3 is 5.97 Å². The number of carbonyl (C=O) groups excluding carboxylic acids is 1. The first kappa shape index (κ1) is 21.1. The highest BCUT2D eigenvalue weighted by molar-refractivity contribution is 5.89. The van der Waals surface area contributed by atoms with Gasteiger partial charge in [-0.1, -0.05) is 6.07 Å². The van der Waals surface area contributed by atoms with E-state index < -0.39 is 5.97 Å². The number of fused-ring (bicyclic) bond motifs is 1. The average molecular weight is 403 g/mol. The molecule has 1 aliphatic heterocycles. The minimum absolute atomic E-state index is 0.0217. The number of rotatable bonds is 9. The SMILES string of the molecule is CCOC(=O)c1nn(CCO)c2c1CN(Cc1ccc(OC)c(OCC)c1)CC2. The Balaban J connectivity index is 1.81. The van der Waals surface area contributed by atoms with E-state index in [-0.39, 0.29) is 6.61 Å². The molecular formula is C21H29N3O5. The topological polar surface area (TPSA) is 86.0 Å². The number of nitrogens with zero attached hydrogens (tertiary/aromatic N) is 3. The molecule has 29 heavy (non-hydrogen) atoms. The highest BCUT2D eigenvalue weighted by Gasteiger charge is 2.28. The number of ether oxygens (including phenoxy) is 3. The van der Waals surface area contributed by atoms with Crippen LogP contribution in [-0.2, 0) is 30.8 Å². The summed E-state index contributed by atoms with van der Waals surface area (Å²) in [6, 6.07) is 5.94. The van der Waals surface area contributed by atoms with Gasteiger partial charge in [-0.3, -0.25) is 9.58 Å². The molecule has 3 rings (SSSR count).